The highest BCUT2D eigenvalue weighted by Crippen LogP contribution is 2.00. The van der Waals surface area contributed by atoms with Crippen molar-refractivity contribution in [1.82, 2.24) is 9.97 Å². The van der Waals surface area contributed by atoms with E-state index in [9.17, 15) is 4.79 Å². The summed E-state index contributed by atoms with van der Waals surface area (Å²) in [6.07, 6.45) is 6.35. The molecule has 0 spiro atoms. The summed E-state index contributed by atoms with van der Waals surface area (Å²) in [7, 11) is 0. The Bertz CT molecular complexity index is 369. The van der Waals surface area contributed by atoms with Crippen molar-refractivity contribution in [3.63, 3.8) is 0 Å². The van der Waals surface area contributed by atoms with Crippen LogP contribution in [0.1, 0.15) is 25.2 Å². The maximum absolute atomic E-state index is 11.2. The second-order valence-electron chi connectivity index (χ2n) is 3.92. The van der Waals surface area contributed by atoms with E-state index < -0.39 is 0 Å². The predicted octanol–water partition coefficient (Wildman–Crippen LogP) is 2.00. The smallest absolute Gasteiger partial charge is 0.330 e. The van der Waals surface area contributed by atoms with E-state index in [2.05, 4.69) is 9.97 Å². The molecule has 0 bridgehead atoms. The summed E-state index contributed by atoms with van der Waals surface area (Å²) in [4.78, 5) is 19.3. The monoisotopic (exact) mass is 220 g/mol. The molecule has 0 atom stereocenters. The van der Waals surface area contributed by atoms with Crippen LogP contribution in [0.25, 0.3) is 6.08 Å². The van der Waals surface area contributed by atoms with Gasteiger partial charge in [0.1, 0.15) is 5.82 Å². The van der Waals surface area contributed by atoms with Gasteiger partial charge in [-0.2, -0.15) is 0 Å². The number of carbonyl (C=O) groups is 1. The summed E-state index contributed by atoms with van der Waals surface area (Å²) in [6, 6.07) is 0. The third-order valence-corrected chi connectivity index (χ3v) is 1.77. The molecule has 4 heteroatoms. The number of esters is 1. The zero-order valence-electron chi connectivity index (χ0n) is 9.80. The SMILES string of the molecule is Cc1ncc(/C=C/C(=O)OCC(C)C)cn1. The minimum Gasteiger partial charge on any atom is -0.462 e. The molecular weight excluding hydrogens is 204 g/mol. The minimum absolute atomic E-state index is 0.339. The maximum atomic E-state index is 11.2. The van der Waals surface area contributed by atoms with Crippen molar-refractivity contribution in [2.45, 2.75) is 20.8 Å². The van der Waals surface area contributed by atoms with Gasteiger partial charge < -0.3 is 4.74 Å². The van der Waals surface area contributed by atoms with Crippen LogP contribution >= 0.6 is 0 Å². The van der Waals surface area contributed by atoms with Gasteiger partial charge in [0.05, 0.1) is 6.61 Å². The van der Waals surface area contributed by atoms with Crippen LogP contribution in [-0.4, -0.2) is 22.5 Å². The lowest BCUT2D eigenvalue weighted by atomic mass is 10.2. The van der Waals surface area contributed by atoms with Gasteiger partial charge in [0.25, 0.3) is 0 Å². The first-order chi connectivity index (χ1) is 7.58. The van der Waals surface area contributed by atoms with Gasteiger partial charge in [-0.15, -0.1) is 0 Å². The molecule has 0 N–H and O–H groups in total. The molecule has 0 saturated heterocycles. The minimum atomic E-state index is -0.339. The van der Waals surface area contributed by atoms with Gasteiger partial charge in [0.2, 0.25) is 0 Å². The molecular formula is C12H16N2O2. The highest BCUT2D eigenvalue weighted by molar-refractivity contribution is 5.86. The Kier molecular flexibility index (Phi) is 4.64. The Morgan fingerprint density at radius 3 is 2.62 bits per heavy atom. The summed E-state index contributed by atoms with van der Waals surface area (Å²) in [5, 5.41) is 0. The number of rotatable bonds is 4. The first-order valence-electron chi connectivity index (χ1n) is 5.21. The Hall–Kier alpha value is -1.71. The van der Waals surface area contributed by atoms with Crippen LogP contribution in [0.3, 0.4) is 0 Å². The van der Waals surface area contributed by atoms with Crippen LogP contribution in [0.2, 0.25) is 0 Å². The summed E-state index contributed by atoms with van der Waals surface area (Å²) in [5.41, 5.74) is 0.784. The van der Waals surface area contributed by atoms with Crippen molar-refractivity contribution in [2.75, 3.05) is 6.61 Å². The maximum Gasteiger partial charge on any atom is 0.330 e. The molecule has 1 aromatic rings. The average Bonchev–Trinajstić information content (AvgIpc) is 2.25. The van der Waals surface area contributed by atoms with E-state index in [1.54, 1.807) is 18.5 Å². The lowest BCUT2D eigenvalue weighted by molar-refractivity contribution is -0.138. The molecule has 0 unspecified atom stereocenters. The molecule has 0 fully saturated rings. The first-order valence-corrected chi connectivity index (χ1v) is 5.21. The van der Waals surface area contributed by atoms with Gasteiger partial charge in [0, 0.05) is 24.0 Å². The van der Waals surface area contributed by atoms with Crippen molar-refractivity contribution < 1.29 is 9.53 Å². The van der Waals surface area contributed by atoms with Crippen molar-refractivity contribution in [2.24, 2.45) is 5.92 Å². The zero-order chi connectivity index (χ0) is 12.0. The molecule has 1 aromatic heterocycles. The van der Waals surface area contributed by atoms with E-state index in [0.29, 0.717) is 18.3 Å². The second-order valence-corrected chi connectivity index (χ2v) is 3.92. The van der Waals surface area contributed by atoms with Crippen molar-refractivity contribution in [1.29, 1.82) is 0 Å². The van der Waals surface area contributed by atoms with Gasteiger partial charge >= 0.3 is 5.97 Å². The molecule has 4 nitrogen and oxygen atoms in total. The topological polar surface area (TPSA) is 52.1 Å². The average molecular weight is 220 g/mol. The van der Waals surface area contributed by atoms with E-state index in [0.717, 1.165) is 5.56 Å². The van der Waals surface area contributed by atoms with E-state index in [1.807, 2.05) is 20.8 Å². The van der Waals surface area contributed by atoms with Crippen LogP contribution in [0.15, 0.2) is 18.5 Å². The molecule has 0 saturated carbocycles. The lowest BCUT2D eigenvalue weighted by Gasteiger charge is -2.03. The van der Waals surface area contributed by atoms with Gasteiger partial charge in [-0.1, -0.05) is 13.8 Å². The number of nitrogens with zero attached hydrogens (tertiary/aromatic N) is 2. The highest BCUT2D eigenvalue weighted by Gasteiger charge is 1.99. The molecule has 0 aliphatic carbocycles. The Balaban J connectivity index is 2.47. The quantitative estimate of drug-likeness (QED) is 0.575. The molecule has 0 radical (unpaired) electrons. The fourth-order valence-corrected chi connectivity index (χ4v) is 0.950. The molecule has 0 aromatic carbocycles. The Morgan fingerprint density at radius 2 is 2.06 bits per heavy atom. The van der Waals surface area contributed by atoms with Gasteiger partial charge in [-0.05, 0) is 18.9 Å². The summed E-state index contributed by atoms with van der Waals surface area (Å²) < 4.78 is 4.98. The van der Waals surface area contributed by atoms with E-state index in [4.69, 9.17) is 4.74 Å². The van der Waals surface area contributed by atoms with E-state index >= 15 is 0 Å². The van der Waals surface area contributed by atoms with Crippen LogP contribution in [0.5, 0.6) is 0 Å². The summed E-state index contributed by atoms with van der Waals surface area (Å²) in [6.45, 7) is 6.23. The third-order valence-electron chi connectivity index (χ3n) is 1.77. The molecule has 16 heavy (non-hydrogen) atoms. The van der Waals surface area contributed by atoms with Crippen LogP contribution in [-0.2, 0) is 9.53 Å². The van der Waals surface area contributed by atoms with Gasteiger partial charge in [0.15, 0.2) is 0 Å². The molecule has 0 amide bonds. The number of aryl methyl sites for hydroxylation is 1. The number of ether oxygens (including phenoxy) is 1. The third kappa shape index (κ3) is 4.68. The summed E-state index contributed by atoms with van der Waals surface area (Å²) >= 11 is 0. The molecule has 1 rings (SSSR count). The number of hydrogen-bond donors (Lipinski definition) is 0. The van der Waals surface area contributed by atoms with Crippen LogP contribution in [0, 0.1) is 12.8 Å². The lowest BCUT2D eigenvalue weighted by Crippen LogP contribution is -2.06. The van der Waals surface area contributed by atoms with Crippen molar-refractivity contribution >= 4 is 12.0 Å². The fourth-order valence-electron chi connectivity index (χ4n) is 0.950. The standard InChI is InChI=1S/C12H16N2O2/c1-9(2)8-16-12(15)5-4-11-6-13-10(3)14-7-11/h4-7,9H,8H2,1-3H3/b5-4+. The Labute approximate surface area is 95.4 Å². The van der Waals surface area contributed by atoms with Gasteiger partial charge in [-0.3, -0.25) is 0 Å². The number of aromatic nitrogens is 2. The van der Waals surface area contributed by atoms with Crippen molar-refractivity contribution in [3.05, 3.63) is 29.9 Å². The normalized spacial score (nSPS) is 11.0. The zero-order valence-corrected chi connectivity index (χ0v) is 9.80. The summed E-state index contributed by atoms with van der Waals surface area (Å²) in [5.74, 6) is 0.717. The van der Waals surface area contributed by atoms with Crippen LogP contribution in [0.4, 0.5) is 0 Å². The van der Waals surface area contributed by atoms with Gasteiger partial charge in [-0.25, -0.2) is 14.8 Å². The highest BCUT2D eigenvalue weighted by atomic mass is 16.5. The second kappa shape index (κ2) is 6.00. The molecule has 1 heterocycles. The molecule has 86 valence electrons. The van der Waals surface area contributed by atoms with Crippen LogP contribution < -0.4 is 0 Å². The number of carbonyl (C=O) groups excluding carboxylic acids is 1. The van der Waals surface area contributed by atoms with E-state index in [-0.39, 0.29) is 5.97 Å². The number of hydrogen-bond acceptors (Lipinski definition) is 4. The molecule has 0 aliphatic heterocycles. The molecule has 0 aliphatic rings. The fraction of sp³-hybridized carbons (Fsp3) is 0.417. The Morgan fingerprint density at radius 1 is 1.44 bits per heavy atom. The van der Waals surface area contributed by atoms with E-state index in [1.165, 1.54) is 6.08 Å². The first kappa shape index (κ1) is 12.4. The van der Waals surface area contributed by atoms with Crippen molar-refractivity contribution in [3.8, 4) is 0 Å². The predicted molar refractivity (Wildman–Crippen MR) is 61.6 cm³/mol. The largest absolute Gasteiger partial charge is 0.462 e.